The van der Waals surface area contributed by atoms with Crippen molar-refractivity contribution in [3.8, 4) is 0 Å². The van der Waals surface area contributed by atoms with Crippen molar-refractivity contribution in [3.05, 3.63) is 0 Å². The normalized spacial score (nSPS) is 13.3. The van der Waals surface area contributed by atoms with Crippen LogP contribution in [0.3, 0.4) is 0 Å². The van der Waals surface area contributed by atoms with E-state index in [4.69, 9.17) is 4.74 Å². The first-order valence-electron chi connectivity index (χ1n) is 6.96. The average molecular weight is 284 g/mol. The van der Waals surface area contributed by atoms with Crippen LogP contribution in [0.15, 0.2) is 0 Å². The lowest BCUT2D eigenvalue weighted by Crippen LogP contribution is -2.49. The summed E-state index contributed by atoms with van der Waals surface area (Å²) in [6, 6.07) is 0. The van der Waals surface area contributed by atoms with E-state index in [1.807, 2.05) is 0 Å². The van der Waals surface area contributed by atoms with Crippen LogP contribution in [0.4, 0.5) is 0 Å². The Balaban J connectivity index is 5.36. The minimum atomic E-state index is -1.35. The number of esters is 1. The van der Waals surface area contributed by atoms with Gasteiger partial charge >= 0.3 is 5.97 Å². The Morgan fingerprint density at radius 3 is 1.50 bits per heavy atom. The maximum Gasteiger partial charge on any atom is 0.319 e. The smallest absolute Gasteiger partial charge is 0.319 e. The lowest BCUT2D eigenvalue weighted by Gasteiger charge is -2.33. The zero-order chi connectivity index (χ0) is 16.5. The van der Waals surface area contributed by atoms with Gasteiger partial charge in [-0.1, -0.05) is 13.8 Å². The van der Waals surface area contributed by atoms with Crippen LogP contribution in [0, 0.1) is 16.7 Å². The molecule has 0 aromatic heterocycles. The van der Waals surface area contributed by atoms with Gasteiger partial charge in [-0.25, -0.2) is 0 Å². The van der Waals surface area contributed by atoms with Crippen molar-refractivity contribution in [1.82, 2.24) is 0 Å². The summed E-state index contributed by atoms with van der Waals surface area (Å²) >= 11 is 0. The highest BCUT2D eigenvalue weighted by Gasteiger charge is 2.49. The van der Waals surface area contributed by atoms with Crippen LogP contribution >= 0.6 is 0 Å². The van der Waals surface area contributed by atoms with Gasteiger partial charge in [0.1, 0.15) is 16.8 Å². The summed E-state index contributed by atoms with van der Waals surface area (Å²) in [7, 11) is 0. The van der Waals surface area contributed by atoms with Gasteiger partial charge in [0.2, 0.25) is 0 Å². The van der Waals surface area contributed by atoms with Gasteiger partial charge in [-0.2, -0.15) is 0 Å². The molecule has 0 fully saturated rings. The molecule has 0 aliphatic rings. The van der Waals surface area contributed by atoms with Crippen LogP contribution in [-0.2, 0) is 19.1 Å². The lowest BCUT2D eigenvalue weighted by molar-refractivity contribution is -0.171. The van der Waals surface area contributed by atoms with Crippen molar-refractivity contribution in [2.24, 2.45) is 16.7 Å². The van der Waals surface area contributed by atoms with Crippen molar-refractivity contribution in [1.29, 1.82) is 0 Å². The van der Waals surface area contributed by atoms with Crippen LogP contribution in [-0.4, -0.2) is 23.1 Å². The van der Waals surface area contributed by atoms with Crippen LogP contribution in [0.25, 0.3) is 0 Å². The third kappa shape index (κ3) is 4.15. The standard InChI is InChI=1S/C16H28O4/c1-10(2)11(17)15(6,7)12(18)16(8,9)13(19)20-14(3,4)5/h10H,1-9H3. The second-order valence-electron chi connectivity index (χ2n) is 7.60. The highest BCUT2D eigenvalue weighted by Crippen LogP contribution is 2.34. The molecule has 0 heterocycles. The fraction of sp³-hybridized carbons (Fsp3) is 0.812. The Morgan fingerprint density at radius 2 is 1.20 bits per heavy atom. The molecule has 0 N–H and O–H groups in total. The molecule has 116 valence electrons. The fourth-order valence-electron chi connectivity index (χ4n) is 2.11. The van der Waals surface area contributed by atoms with Gasteiger partial charge in [-0.15, -0.1) is 0 Å². The zero-order valence-electron chi connectivity index (χ0n) is 14.2. The van der Waals surface area contributed by atoms with Crippen LogP contribution in [0.2, 0.25) is 0 Å². The molecule has 0 aromatic carbocycles. The first kappa shape index (κ1) is 18.8. The van der Waals surface area contributed by atoms with Gasteiger partial charge in [0.05, 0.1) is 5.41 Å². The monoisotopic (exact) mass is 284 g/mol. The molecule has 0 bridgehead atoms. The van der Waals surface area contributed by atoms with E-state index >= 15 is 0 Å². The van der Waals surface area contributed by atoms with Crippen LogP contribution < -0.4 is 0 Å². The molecular weight excluding hydrogens is 256 g/mol. The number of hydrogen-bond donors (Lipinski definition) is 0. The lowest BCUT2D eigenvalue weighted by atomic mass is 9.69. The number of ketones is 2. The number of ether oxygens (including phenoxy) is 1. The number of rotatable bonds is 5. The van der Waals surface area contributed by atoms with Gasteiger partial charge in [0.25, 0.3) is 0 Å². The summed E-state index contributed by atoms with van der Waals surface area (Å²) in [4.78, 5) is 37.0. The second kappa shape index (κ2) is 5.66. The topological polar surface area (TPSA) is 60.4 Å². The molecule has 0 rings (SSSR count). The van der Waals surface area contributed by atoms with Crippen molar-refractivity contribution in [2.45, 2.75) is 67.9 Å². The molecule has 4 heteroatoms. The SMILES string of the molecule is CC(C)C(=O)C(C)(C)C(=O)C(C)(C)C(=O)OC(C)(C)C. The number of hydrogen-bond acceptors (Lipinski definition) is 4. The first-order valence-corrected chi connectivity index (χ1v) is 6.96. The maximum atomic E-state index is 12.6. The molecule has 0 unspecified atom stereocenters. The molecule has 0 aliphatic heterocycles. The van der Waals surface area contributed by atoms with E-state index in [1.165, 1.54) is 13.8 Å². The predicted molar refractivity (Wildman–Crippen MR) is 78.3 cm³/mol. The highest BCUT2D eigenvalue weighted by atomic mass is 16.6. The van der Waals surface area contributed by atoms with E-state index in [1.54, 1.807) is 48.5 Å². The Bertz CT molecular complexity index is 409. The van der Waals surface area contributed by atoms with Crippen molar-refractivity contribution >= 4 is 17.5 Å². The van der Waals surface area contributed by atoms with Gasteiger partial charge in [-0.05, 0) is 48.5 Å². The summed E-state index contributed by atoms with van der Waals surface area (Å²) in [5, 5.41) is 0. The molecular formula is C16H28O4. The largest absolute Gasteiger partial charge is 0.459 e. The molecule has 0 saturated heterocycles. The first-order chi connectivity index (χ1) is 8.64. The second-order valence-corrected chi connectivity index (χ2v) is 7.60. The maximum absolute atomic E-state index is 12.6. The summed E-state index contributed by atoms with van der Waals surface area (Å²) < 4.78 is 5.29. The average Bonchev–Trinajstić information content (AvgIpc) is 2.24. The molecule has 0 aromatic rings. The van der Waals surface area contributed by atoms with Crippen LogP contribution in [0.1, 0.15) is 62.3 Å². The van der Waals surface area contributed by atoms with E-state index in [-0.39, 0.29) is 11.7 Å². The van der Waals surface area contributed by atoms with Gasteiger partial charge in [0, 0.05) is 5.92 Å². The van der Waals surface area contributed by atoms with Gasteiger partial charge in [-0.3, -0.25) is 14.4 Å². The zero-order valence-corrected chi connectivity index (χ0v) is 14.2. The summed E-state index contributed by atoms with van der Waals surface area (Å²) in [5.41, 5.74) is -3.21. The number of carbonyl (C=O) groups excluding carboxylic acids is 3. The van der Waals surface area contributed by atoms with Crippen molar-refractivity contribution < 1.29 is 19.1 Å². The molecule has 0 radical (unpaired) electrons. The Morgan fingerprint density at radius 1 is 0.800 bits per heavy atom. The van der Waals surface area contributed by atoms with Crippen molar-refractivity contribution in [2.75, 3.05) is 0 Å². The summed E-state index contributed by atoms with van der Waals surface area (Å²) in [6.45, 7) is 14.9. The molecule has 0 aliphatic carbocycles. The van der Waals surface area contributed by atoms with E-state index in [0.717, 1.165) is 0 Å². The fourth-order valence-corrected chi connectivity index (χ4v) is 2.11. The van der Waals surface area contributed by atoms with Gasteiger partial charge < -0.3 is 4.74 Å². The molecule has 0 amide bonds. The van der Waals surface area contributed by atoms with E-state index in [0.29, 0.717) is 0 Å². The van der Waals surface area contributed by atoms with E-state index in [2.05, 4.69) is 0 Å². The molecule has 20 heavy (non-hydrogen) atoms. The molecule has 4 nitrogen and oxygen atoms in total. The van der Waals surface area contributed by atoms with Gasteiger partial charge in [0.15, 0.2) is 5.78 Å². The van der Waals surface area contributed by atoms with Crippen molar-refractivity contribution in [3.63, 3.8) is 0 Å². The molecule has 0 saturated carbocycles. The quantitative estimate of drug-likeness (QED) is 0.574. The third-order valence-corrected chi connectivity index (χ3v) is 3.18. The number of Topliss-reactive ketones (excluding diaryl/α,β-unsaturated/α-hetero) is 2. The Labute approximate surface area is 122 Å². The van der Waals surface area contributed by atoms with E-state index in [9.17, 15) is 14.4 Å². The molecule has 0 spiro atoms. The summed E-state index contributed by atoms with van der Waals surface area (Å²) in [6.07, 6.45) is 0. The molecule has 0 atom stereocenters. The summed E-state index contributed by atoms with van der Waals surface area (Å²) in [5.74, 6) is -1.43. The Hall–Kier alpha value is -1.19. The Kier molecular flexibility index (Phi) is 5.33. The minimum Gasteiger partial charge on any atom is -0.459 e. The highest BCUT2D eigenvalue weighted by molar-refractivity contribution is 6.15. The van der Waals surface area contributed by atoms with E-state index < -0.39 is 28.2 Å². The third-order valence-electron chi connectivity index (χ3n) is 3.18. The number of carbonyl (C=O) groups is 3. The van der Waals surface area contributed by atoms with Crippen LogP contribution in [0.5, 0.6) is 0 Å². The predicted octanol–water partition coefficient (Wildman–Crippen LogP) is 3.17. The minimum absolute atomic E-state index is 0.167.